The molecule has 1 aliphatic carbocycles. The van der Waals surface area contributed by atoms with Crippen molar-refractivity contribution in [3.63, 3.8) is 0 Å². The highest BCUT2D eigenvalue weighted by atomic mass is 16.5. The van der Waals surface area contributed by atoms with Crippen molar-refractivity contribution in [3.05, 3.63) is 29.8 Å². The summed E-state index contributed by atoms with van der Waals surface area (Å²) in [5.41, 5.74) is 1.11. The van der Waals surface area contributed by atoms with Crippen molar-refractivity contribution in [1.29, 1.82) is 0 Å². The highest BCUT2D eigenvalue weighted by Crippen LogP contribution is 2.34. The molecule has 1 aromatic carbocycles. The van der Waals surface area contributed by atoms with Crippen molar-refractivity contribution in [1.82, 2.24) is 10.6 Å². The molecule has 1 aromatic rings. The maximum absolute atomic E-state index is 5.69. The molecule has 0 atom stereocenters. The Hall–Kier alpha value is -1.79. The first-order valence-electron chi connectivity index (χ1n) is 9.49. The molecule has 0 amide bonds. The molecule has 1 saturated carbocycles. The number of nitrogens with zero attached hydrogens (tertiary/aromatic N) is 1. The van der Waals surface area contributed by atoms with Crippen LogP contribution in [0.5, 0.6) is 5.75 Å². The molecular formula is C20H33N3O3. The molecule has 1 aliphatic rings. The van der Waals surface area contributed by atoms with Crippen molar-refractivity contribution < 1.29 is 14.2 Å². The molecule has 2 N–H and O–H groups in total. The van der Waals surface area contributed by atoms with Crippen LogP contribution < -0.4 is 15.4 Å². The fourth-order valence-corrected chi connectivity index (χ4v) is 2.87. The minimum absolute atomic E-state index is 0.0338. The van der Waals surface area contributed by atoms with E-state index in [0.29, 0.717) is 6.54 Å². The van der Waals surface area contributed by atoms with E-state index < -0.39 is 0 Å². The van der Waals surface area contributed by atoms with E-state index in [-0.39, 0.29) is 5.60 Å². The van der Waals surface area contributed by atoms with Gasteiger partial charge in [-0.1, -0.05) is 12.1 Å². The lowest BCUT2D eigenvalue weighted by atomic mass is 9.80. The molecule has 0 aliphatic heterocycles. The Morgan fingerprint density at radius 3 is 2.50 bits per heavy atom. The SMILES string of the molecule is CCOCCCNC(=NCc1ccc(OC)cc1)NCC1(OC)CCC1. The van der Waals surface area contributed by atoms with Crippen LogP contribution in [0.15, 0.2) is 29.3 Å². The van der Waals surface area contributed by atoms with Crippen molar-refractivity contribution in [2.75, 3.05) is 40.5 Å². The van der Waals surface area contributed by atoms with Gasteiger partial charge in [0.25, 0.3) is 0 Å². The van der Waals surface area contributed by atoms with Gasteiger partial charge >= 0.3 is 0 Å². The fourth-order valence-electron chi connectivity index (χ4n) is 2.87. The van der Waals surface area contributed by atoms with Gasteiger partial charge in [0, 0.05) is 33.4 Å². The van der Waals surface area contributed by atoms with E-state index in [1.54, 1.807) is 14.2 Å². The van der Waals surface area contributed by atoms with E-state index >= 15 is 0 Å². The first-order chi connectivity index (χ1) is 12.7. The summed E-state index contributed by atoms with van der Waals surface area (Å²) in [6, 6.07) is 8.00. The van der Waals surface area contributed by atoms with E-state index in [0.717, 1.165) is 62.8 Å². The zero-order valence-corrected chi connectivity index (χ0v) is 16.3. The summed E-state index contributed by atoms with van der Waals surface area (Å²) in [6.07, 6.45) is 4.39. The monoisotopic (exact) mass is 363 g/mol. The summed E-state index contributed by atoms with van der Waals surface area (Å²) >= 11 is 0. The Morgan fingerprint density at radius 1 is 1.15 bits per heavy atom. The van der Waals surface area contributed by atoms with Gasteiger partial charge in [0.05, 0.1) is 19.3 Å². The minimum atomic E-state index is -0.0338. The third kappa shape index (κ3) is 6.50. The molecule has 0 unspecified atom stereocenters. The summed E-state index contributed by atoms with van der Waals surface area (Å²) < 4.78 is 16.3. The highest BCUT2D eigenvalue weighted by Gasteiger charge is 2.36. The van der Waals surface area contributed by atoms with E-state index in [1.165, 1.54) is 6.42 Å². The first kappa shape index (κ1) is 20.5. The van der Waals surface area contributed by atoms with Crippen molar-refractivity contribution in [2.45, 2.75) is 44.8 Å². The van der Waals surface area contributed by atoms with Gasteiger partial charge in [0.15, 0.2) is 5.96 Å². The number of guanidine groups is 1. The summed E-state index contributed by atoms with van der Waals surface area (Å²) in [4.78, 5) is 4.72. The van der Waals surface area contributed by atoms with E-state index in [2.05, 4.69) is 10.6 Å². The number of rotatable bonds is 11. The van der Waals surface area contributed by atoms with Crippen LogP contribution in [0.4, 0.5) is 0 Å². The minimum Gasteiger partial charge on any atom is -0.497 e. The van der Waals surface area contributed by atoms with Gasteiger partial charge in [-0.2, -0.15) is 0 Å². The first-order valence-corrected chi connectivity index (χ1v) is 9.49. The summed E-state index contributed by atoms with van der Waals surface area (Å²) in [5, 5.41) is 6.84. The quantitative estimate of drug-likeness (QED) is 0.360. The molecule has 146 valence electrons. The second-order valence-corrected chi connectivity index (χ2v) is 6.58. The molecule has 0 bridgehead atoms. The predicted molar refractivity (Wildman–Crippen MR) is 105 cm³/mol. The number of hydrogen-bond acceptors (Lipinski definition) is 4. The smallest absolute Gasteiger partial charge is 0.191 e. The van der Waals surface area contributed by atoms with Crippen LogP contribution in [0, 0.1) is 0 Å². The molecule has 0 heterocycles. The Balaban J connectivity index is 1.89. The molecule has 0 spiro atoms. The standard InChI is InChI=1S/C20H33N3O3/c1-4-26-14-6-13-21-19(23-16-20(25-3)11-5-12-20)22-15-17-7-9-18(24-2)10-8-17/h7-10H,4-6,11-16H2,1-3H3,(H2,21,22,23). The van der Waals surface area contributed by atoms with Crippen molar-refractivity contribution in [3.8, 4) is 5.75 Å². The molecule has 6 nitrogen and oxygen atoms in total. The van der Waals surface area contributed by atoms with E-state index in [1.807, 2.05) is 31.2 Å². The van der Waals surface area contributed by atoms with Gasteiger partial charge in [-0.05, 0) is 50.3 Å². The molecule has 0 radical (unpaired) electrons. The van der Waals surface area contributed by atoms with Crippen LogP contribution in [-0.4, -0.2) is 52.1 Å². The van der Waals surface area contributed by atoms with Crippen LogP contribution in [0.3, 0.4) is 0 Å². The number of benzene rings is 1. The summed E-state index contributed by atoms with van der Waals surface area (Å²) in [7, 11) is 3.47. The lowest BCUT2D eigenvalue weighted by Crippen LogP contribution is -2.52. The second-order valence-electron chi connectivity index (χ2n) is 6.58. The Bertz CT molecular complexity index is 536. The molecule has 2 rings (SSSR count). The second kappa shape index (κ2) is 11.0. The normalized spacial score (nSPS) is 16.0. The van der Waals surface area contributed by atoms with E-state index in [4.69, 9.17) is 19.2 Å². The van der Waals surface area contributed by atoms with Gasteiger partial charge in [-0.25, -0.2) is 4.99 Å². The third-order valence-electron chi connectivity index (χ3n) is 4.82. The number of aliphatic imine (C=N–C) groups is 1. The van der Waals surface area contributed by atoms with Gasteiger partial charge in [-0.3, -0.25) is 0 Å². The maximum Gasteiger partial charge on any atom is 0.191 e. The number of ether oxygens (including phenoxy) is 3. The van der Waals surface area contributed by atoms with Crippen LogP contribution in [0.2, 0.25) is 0 Å². The Labute approximate surface area is 157 Å². The number of hydrogen-bond donors (Lipinski definition) is 2. The number of methoxy groups -OCH3 is 2. The predicted octanol–water partition coefficient (Wildman–Crippen LogP) is 2.73. The molecule has 0 aromatic heterocycles. The van der Waals surface area contributed by atoms with Crippen LogP contribution in [-0.2, 0) is 16.0 Å². The average molecular weight is 364 g/mol. The zero-order valence-electron chi connectivity index (χ0n) is 16.3. The van der Waals surface area contributed by atoms with E-state index in [9.17, 15) is 0 Å². The molecule has 0 saturated heterocycles. The number of nitrogens with one attached hydrogen (secondary N) is 2. The largest absolute Gasteiger partial charge is 0.497 e. The maximum atomic E-state index is 5.69. The van der Waals surface area contributed by atoms with Gasteiger partial charge in [-0.15, -0.1) is 0 Å². The lowest BCUT2D eigenvalue weighted by Gasteiger charge is -2.40. The van der Waals surface area contributed by atoms with Crippen molar-refractivity contribution >= 4 is 5.96 Å². The molecular weight excluding hydrogens is 330 g/mol. The topological polar surface area (TPSA) is 64.1 Å². The molecule has 1 fully saturated rings. The average Bonchev–Trinajstić information content (AvgIpc) is 2.65. The van der Waals surface area contributed by atoms with Gasteiger partial charge in [0.2, 0.25) is 0 Å². The van der Waals surface area contributed by atoms with Gasteiger partial charge in [0.1, 0.15) is 5.75 Å². The third-order valence-corrected chi connectivity index (χ3v) is 4.82. The zero-order chi connectivity index (χ0) is 18.7. The van der Waals surface area contributed by atoms with Crippen LogP contribution >= 0.6 is 0 Å². The summed E-state index contributed by atoms with van der Waals surface area (Å²) in [6.45, 7) is 5.76. The van der Waals surface area contributed by atoms with Crippen molar-refractivity contribution in [2.24, 2.45) is 4.99 Å². The molecule has 26 heavy (non-hydrogen) atoms. The van der Waals surface area contributed by atoms with Crippen LogP contribution in [0.25, 0.3) is 0 Å². The van der Waals surface area contributed by atoms with Crippen LogP contribution in [0.1, 0.15) is 38.2 Å². The Kier molecular flexibility index (Phi) is 8.71. The lowest BCUT2D eigenvalue weighted by molar-refractivity contribution is -0.0666. The molecule has 6 heteroatoms. The highest BCUT2D eigenvalue weighted by molar-refractivity contribution is 5.79. The Morgan fingerprint density at radius 2 is 1.92 bits per heavy atom. The fraction of sp³-hybridized carbons (Fsp3) is 0.650. The summed E-state index contributed by atoms with van der Waals surface area (Å²) in [5.74, 6) is 1.68. The van der Waals surface area contributed by atoms with Gasteiger partial charge < -0.3 is 24.8 Å².